The number of aliphatic carboxylic acids is 1. The van der Waals surface area contributed by atoms with Gasteiger partial charge in [0.25, 0.3) is 0 Å². The quantitative estimate of drug-likeness (QED) is 0.491. The molecule has 4 rings (SSSR count). The predicted molar refractivity (Wildman–Crippen MR) is 112 cm³/mol. The molecule has 6 nitrogen and oxygen atoms in total. The highest BCUT2D eigenvalue weighted by molar-refractivity contribution is 6.33. The van der Waals surface area contributed by atoms with Crippen LogP contribution in [0.1, 0.15) is 0 Å². The second-order valence-corrected chi connectivity index (χ2v) is 6.97. The van der Waals surface area contributed by atoms with Gasteiger partial charge in [0.1, 0.15) is 12.3 Å². The number of rotatable bonds is 4. The molecule has 2 N–H and O–H groups in total. The van der Waals surface area contributed by atoms with Crippen molar-refractivity contribution in [2.45, 2.75) is 6.54 Å². The Morgan fingerprint density at radius 2 is 1.69 bits per heavy atom. The molecule has 0 unspecified atom stereocenters. The summed E-state index contributed by atoms with van der Waals surface area (Å²) in [6, 6.07) is 15.0. The molecular formula is C22H16ClNO5. The van der Waals surface area contributed by atoms with Crippen molar-refractivity contribution in [2.75, 3.05) is 7.11 Å². The molecule has 0 radical (unpaired) electrons. The molecule has 1 aromatic heterocycles. The predicted octanol–water partition coefficient (Wildman–Crippen LogP) is 4.27. The Morgan fingerprint density at radius 1 is 1.03 bits per heavy atom. The molecule has 0 amide bonds. The van der Waals surface area contributed by atoms with Crippen molar-refractivity contribution in [3.63, 3.8) is 0 Å². The maximum atomic E-state index is 13.1. The van der Waals surface area contributed by atoms with Gasteiger partial charge in [-0.25, -0.2) is 0 Å². The van der Waals surface area contributed by atoms with Gasteiger partial charge in [-0.2, -0.15) is 0 Å². The lowest BCUT2D eigenvalue weighted by molar-refractivity contribution is -0.137. The number of carboxylic acid groups (broad SMARTS) is 1. The summed E-state index contributed by atoms with van der Waals surface area (Å²) < 4.78 is 6.93. The molecule has 29 heavy (non-hydrogen) atoms. The number of hydrogen-bond acceptors (Lipinski definition) is 4. The number of carboxylic acids is 1. The zero-order chi connectivity index (χ0) is 20.7. The van der Waals surface area contributed by atoms with Gasteiger partial charge in [-0.1, -0.05) is 29.8 Å². The molecule has 0 aliphatic rings. The number of phenolic OH excluding ortho intramolecular Hbond substituents is 1. The fraction of sp³-hybridized carbons (Fsp3) is 0.0909. The molecular weight excluding hydrogens is 394 g/mol. The van der Waals surface area contributed by atoms with Crippen LogP contribution in [0, 0.1) is 0 Å². The summed E-state index contributed by atoms with van der Waals surface area (Å²) in [5.41, 5.74) is 2.15. The van der Waals surface area contributed by atoms with E-state index in [1.165, 1.54) is 11.7 Å². The lowest BCUT2D eigenvalue weighted by atomic mass is 10.0. The standard InChI is InChI=1S/C22H16ClNO5/c1-29-22-17(23)9-8-16-20(22)24(11-19(26)27)18-10-13(4-7-15(18)21(16)28)12-2-5-14(25)6-3-12/h2-10,25H,11H2,1H3,(H,26,27). The van der Waals surface area contributed by atoms with Crippen LogP contribution in [0.4, 0.5) is 0 Å². The average Bonchev–Trinajstić information content (AvgIpc) is 2.71. The number of benzene rings is 3. The number of nitrogens with zero attached hydrogens (tertiary/aromatic N) is 1. The van der Waals surface area contributed by atoms with Crippen LogP contribution in [0.5, 0.6) is 11.5 Å². The van der Waals surface area contributed by atoms with Gasteiger partial charge >= 0.3 is 5.97 Å². The summed E-state index contributed by atoms with van der Waals surface area (Å²) in [6.45, 7) is -0.372. The first-order chi connectivity index (χ1) is 13.9. The molecule has 3 aromatic carbocycles. The summed E-state index contributed by atoms with van der Waals surface area (Å²) in [5.74, 6) is -0.671. The molecule has 0 saturated heterocycles. The SMILES string of the molecule is COc1c(Cl)ccc2c(=O)c3ccc(-c4ccc(O)cc4)cc3n(CC(=O)O)c12. The van der Waals surface area contributed by atoms with E-state index in [1.54, 1.807) is 54.6 Å². The van der Waals surface area contributed by atoms with Crippen molar-refractivity contribution >= 4 is 39.4 Å². The maximum Gasteiger partial charge on any atom is 0.323 e. The summed E-state index contributed by atoms with van der Waals surface area (Å²) in [5, 5.41) is 20.0. The zero-order valence-corrected chi connectivity index (χ0v) is 16.1. The van der Waals surface area contributed by atoms with Crippen LogP contribution >= 0.6 is 11.6 Å². The van der Waals surface area contributed by atoms with E-state index in [2.05, 4.69) is 0 Å². The van der Waals surface area contributed by atoms with Gasteiger partial charge < -0.3 is 19.5 Å². The van der Waals surface area contributed by atoms with E-state index >= 15 is 0 Å². The van der Waals surface area contributed by atoms with E-state index in [1.807, 2.05) is 0 Å². The lowest BCUT2D eigenvalue weighted by Crippen LogP contribution is -2.16. The van der Waals surface area contributed by atoms with Crippen molar-refractivity contribution in [3.8, 4) is 22.6 Å². The molecule has 0 saturated carbocycles. The van der Waals surface area contributed by atoms with E-state index in [-0.39, 0.29) is 28.5 Å². The third kappa shape index (κ3) is 3.17. The minimum absolute atomic E-state index is 0.141. The molecule has 0 atom stereocenters. The number of fused-ring (bicyclic) bond motifs is 2. The van der Waals surface area contributed by atoms with Crippen molar-refractivity contribution in [1.29, 1.82) is 0 Å². The minimum Gasteiger partial charge on any atom is -0.508 e. The average molecular weight is 410 g/mol. The lowest BCUT2D eigenvalue weighted by Gasteiger charge is -2.17. The summed E-state index contributed by atoms with van der Waals surface area (Å²) in [7, 11) is 1.42. The monoisotopic (exact) mass is 409 g/mol. The number of hydrogen-bond donors (Lipinski definition) is 2. The smallest absolute Gasteiger partial charge is 0.323 e. The van der Waals surface area contributed by atoms with Crippen molar-refractivity contribution < 1.29 is 19.7 Å². The molecule has 146 valence electrons. The summed E-state index contributed by atoms with van der Waals surface area (Å²) in [6.07, 6.45) is 0. The van der Waals surface area contributed by atoms with Crippen LogP contribution in [0.2, 0.25) is 5.02 Å². The Labute approximate surface area is 170 Å². The largest absolute Gasteiger partial charge is 0.508 e. The van der Waals surface area contributed by atoms with Gasteiger partial charge in [0, 0.05) is 5.39 Å². The van der Waals surface area contributed by atoms with Crippen LogP contribution in [-0.4, -0.2) is 27.9 Å². The first-order valence-corrected chi connectivity index (χ1v) is 9.12. The van der Waals surface area contributed by atoms with Crippen LogP contribution in [0.25, 0.3) is 32.9 Å². The van der Waals surface area contributed by atoms with Gasteiger partial charge in [-0.3, -0.25) is 9.59 Å². The number of pyridine rings is 1. The number of aromatic hydroxyl groups is 1. The Balaban J connectivity index is 2.15. The van der Waals surface area contributed by atoms with E-state index < -0.39 is 5.97 Å². The Hall–Kier alpha value is -3.51. The van der Waals surface area contributed by atoms with Gasteiger partial charge in [-0.05, 0) is 47.5 Å². The van der Waals surface area contributed by atoms with Crippen LogP contribution < -0.4 is 10.2 Å². The van der Waals surface area contributed by atoms with Gasteiger partial charge in [-0.15, -0.1) is 0 Å². The Morgan fingerprint density at radius 3 is 2.34 bits per heavy atom. The first-order valence-electron chi connectivity index (χ1n) is 8.74. The Kier molecular flexibility index (Phi) is 4.64. The van der Waals surface area contributed by atoms with E-state index in [9.17, 15) is 19.8 Å². The number of ether oxygens (including phenoxy) is 1. The Bertz CT molecular complexity index is 1330. The molecule has 0 fully saturated rings. The van der Waals surface area contributed by atoms with Crippen LogP contribution in [0.3, 0.4) is 0 Å². The molecule has 1 heterocycles. The molecule has 4 aromatic rings. The molecule has 0 aliphatic carbocycles. The van der Waals surface area contributed by atoms with Gasteiger partial charge in [0.15, 0.2) is 11.2 Å². The number of phenols is 1. The van der Waals surface area contributed by atoms with Gasteiger partial charge in [0.05, 0.1) is 28.6 Å². The van der Waals surface area contributed by atoms with Crippen molar-refractivity contribution in [3.05, 3.63) is 69.8 Å². The fourth-order valence-electron chi connectivity index (χ4n) is 3.54. The molecule has 0 spiro atoms. The highest BCUT2D eigenvalue weighted by atomic mass is 35.5. The first kappa shape index (κ1) is 18.8. The van der Waals surface area contributed by atoms with E-state index in [4.69, 9.17) is 16.3 Å². The molecule has 0 bridgehead atoms. The molecule has 7 heteroatoms. The number of methoxy groups -OCH3 is 1. The third-order valence-electron chi connectivity index (χ3n) is 4.83. The second-order valence-electron chi connectivity index (χ2n) is 6.56. The summed E-state index contributed by atoms with van der Waals surface area (Å²) in [4.78, 5) is 24.7. The van der Waals surface area contributed by atoms with Crippen molar-refractivity contribution in [1.82, 2.24) is 4.57 Å². The highest BCUT2D eigenvalue weighted by Gasteiger charge is 2.19. The number of aromatic nitrogens is 1. The molecule has 0 aliphatic heterocycles. The second kappa shape index (κ2) is 7.14. The van der Waals surface area contributed by atoms with Gasteiger partial charge in [0.2, 0.25) is 0 Å². The van der Waals surface area contributed by atoms with E-state index in [0.29, 0.717) is 21.8 Å². The zero-order valence-electron chi connectivity index (χ0n) is 15.3. The van der Waals surface area contributed by atoms with Crippen molar-refractivity contribution in [2.24, 2.45) is 0 Å². The maximum absolute atomic E-state index is 13.1. The third-order valence-corrected chi connectivity index (χ3v) is 5.13. The summed E-state index contributed by atoms with van der Waals surface area (Å²) >= 11 is 6.25. The van der Waals surface area contributed by atoms with Crippen LogP contribution in [0.15, 0.2) is 59.4 Å². The van der Waals surface area contributed by atoms with Crippen LogP contribution in [-0.2, 0) is 11.3 Å². The highest BCUT2D eigenvalue weighted by Crippen LogP contribution is 2.35. The number of carbonyl (C=O) groups is 1. The minimum atomic E-state index is -1.06. The number of halogens is 1. The topological polar surface area (TPSA) is 88.8 Å². The normalized spacial score (nSPS) is 11.1. The van der Waals surface area contributed by atoms with E-state index in [0.717, 1.165) is 11.1 Å². The fourth-order valence-corrected chi connectivity index (χ4v) is 3.77.